The fraction of sp³-hybridized carbons (Fsp3) is 0.810. The summed E-state index contributed by atoms with van der Waals surface area (Å²) >= 11 is 0. The lowest BCUT2D eigenvalue weighted by Gasteiger charge is -2.58. The topological polar surface area (TPSA) is 83.8 Å². The number of carbonyl (C=O) groups excluding carboxylic acids is 2. The fourth-order valence-corrected chi connectivity index (χ4v) is 7.92. The van der Waals surface area contributed by atoms with Crippen molar-refractivity contribution in [2.45, 2.75) is 70.2 Å². The van der Waals surface area contributed by atoms with E-state index < -0.39 is 11.7 Å². The summed E-state index contributed by atoms with van der Waals surface area (Å²) in [4.78, 5) is 24.4. The van der Waals surface area contributed by atoms with Gasteiger partial charge in [-0.05, 0) is 62.4 Å². The highest BCUT2D eigenvalue weighted by Gasteiger charge is 2.74. The van der Waals surface area contributed by atoms with Gasteiger partial charge in [0.25, 0.3) is 0 Å². The predicted octanol–water partition coefficient (Wildman–Crippen LogP) is 2.15. The van der Waals surface area contributed by atoms with Crippen LogP contribution in [0.1, 0.15) is 58.3 Å². The molecule has 0 aromatic carbocycles. The summed E-state index contributed by atoms with van der Waals surface area (Å²) in [7, 11) is 0. The largest absolute Gasteiger partial charge is 0.389 e. The van der Waals surface area contributed by atoms with E-state index in [-0.39, 0.29) is 46.9 Å². The van der Waals surface area contributed by atoms with Gasteiger partial charge < -0.3 is 14.9 Å². The molecule has 0 aromatic rings. The van der Waals surface area contributed by atoms with Crippen LogP contribution in [-0.4, -0.2) is 40.3 Å². The number of fused-ring (bicyclic) bond motifs is 1. The van der Waals surface area contributed by atoms with Crippen molar-refractivity contribution >= 4 is 11.6 Å². The summed E-state index contributed by atoms with van der Waals surface area (Å²) in [5, 5.41) is 20.5. The molecule has 0 aromatic heterocycles. The lowest BCUT2D eigenvalue weighted by atomic mass is 9.45. The fourth-order valence-electron chi connectivity index (χ4n) is 7.92. The van der Waals surface area contributed by atoms with Crippen LogP contribution < -0.4 is 0 Å². The second-order valence-corrected chi connectivity index (χ2v) is 9.51. The van der Waals surface area contributed by atoms with Gasteiger partial charge in [-0.3, -0.25) is 9.59 Å². The monoisotopic (exact) mass is 360 g/mol. The van der Waals surface area contributed by atoms with E-state index >= 15 is 0 Å². The Morgan fingerprint density at radius 2 is 2.00 bits per heavy atom. The number of ether oxygens (including phenoxy) is 1. The van der Waals surface area contributed by atoms with Gasteiger partial charge in [-0.1, -0.05) is 12.5 Å². The summed E-state index contributed by atoms with van der Waals surface area (Å²) in [5.41, 5.74) is 0.165. The number of ketones is 2. The van der Waals surface area contributed by atoms with Crippen LogP contribution in [-0.2, 0) is 14.3 Å². The number of Topliss-reactive ketones (excluding diaryl/α,β-unsaturated/α-hetero) is 1. The second kappa shape index (κ2) is 5.27. The third-order valence-corrected chi connectivity index (χ3v) is 8.93. The van der Waals surface area contributed by atoms with Crippen molar-refractivity contribution in [3.05, 3.63) is 11.6 Å². The van der Waals surface area contributed by atoms with Gasteiger partial charge >= 0.3 is 0 Å². The number of hydrogen-bond acceptors (Lipinski definition) is 5. The zero-order valence-corrected chi connectivity index (χ0v) is 15.4. The van der Waals surface area contributed by atoms with Crippen LogP contribution in [0.3, 0.4) is 0 Å². The number of rotatable bonds is 2. The van der Waals surface area contributed by atoms with Crippen molar-refractivity contribution in [2.75, 3.05) is 6.61 Å². The maximum atomic E-state index is 12.4. The predicted molar refractivity (Wildman–Crippen MR) is 93.0 cm³/mol. The minimum atomic E-state index is -0.843. The molecule has 5 heteroatoms. The lowest BCUT2D eigenvalue weighted by molar-refractivity contribution is -0.199. The van der Waals surface area contributed by atoms with E-state index in [9.17, 15) is 19.8 Å². The Hall–Kier alpha value is -1.04. The number of aliphatic hydroxyl groups is 2. The average Bonchev–Trinajstić information content (AvgIpc) is 3.05. The van der Waals surface area contributed by atoms with Gasteiger partial charge in [0.05, 0.1) is 5.60 Å². The van der Waals surface area contributed by atoms with Gasteiger partial charge in [-0.15, -0.1) is 0 Å². The van der Waals surface area contributed by atoms with E-state index in [2.05, 4.69) is 6.92 Å². The van der Waals surface area contributed by atoms with Gasteiger partial charge in [0.15, 0.2) is 17.9 Å². The number of aliphatic hydroxyl groups excluding tert-OH is 2. The normalized spacial score (nSPS) is 52.1. The minimum absolute atomic E-state index is 0.0437. The minimum Gasteiger partial charge on any atom is -0.389 e. The van der Waals surface area contributed by atoms with Crippen LogP contribution in [0.2, 0.25) is 0 Å². The van der Waals surface area contributed by atoms with E-state index in [1.54, 1.807) is 6.08 Å². The van der Waals surface area contributed by atoms with Gasteiger partial charge in [-0.2, -0.15) is 0 Å². The Labute approximate surface area is 153 Å². The third kappa shape index (κ3) is 1.78. The van der Waals surface area contributed by atoms with Crippen molar-refractivity contribution in [1.82, 2.24) is 0 Å². The summed E-state index contributed by atoms with van der Waals surface area (Å²) in [6.45, 7) is 1.82. The van der Waals surface area contributed by atoms with Crippen molar-refractivity contribution < 1.29 is 24.5 Å². The maximum Gasteiger partial charge on any atom is 0.165 e. The first-order valence-corrected chi connectivity index (χ1v) is 10.1. The van der Waals surface area contributed by atoms with E-state index in [1.807, 2.05) is 0 Å². The summed E-state index contributed by atoms with van der Waals surface area (Å²) in [5.74, 6) is 0.502. The highest BCUT2D eigenvalue weighted by atomic mass is 16.6. The molecule has 2 bridgehead atoms. The molecule has 0 unspecified atom stereocenters. The van der Waals surface area contributed by atoms with E-state index in [4.69, 9.17) is 4.74 Å². The molecule has 1 heterocycles. The van der Waals surface area contributed by atoms with Gasteiger partial charge in [0.1, 0.15) is 6.61 Å². The molecule has 26 heavy (non-hydrogen) atoms. The Morgan fingerprint density at radius 3 is 2.77 bits per heavy atom. The average molecular weight is 360 g/mol. The molecule has 5 nitrogen and oxygen atoms in total. The Balaban J connectivity index is 1.59. The summed E-state index contributed by atoms with van der Waals surface area (Å²) in [6, 6.07) is 0. The summed E-state index contributed by atoms with van der Waals surface area (Å²) < 4.78 is 6.44. The number of hydrogen-bond donors (Lipinski definition) is 2. The molecule has 142 valence electrons. The van der Waals surface area contributed by atoms with Crippen LogP contribution in [0.4, 0.5) is 0 Å². The van der Waals surface area contributed by atoms with Gasteiger partial charge in [0.2, 0.25) is 0 Å². The quantitative estimate of drug-likeness (QED) is 0.788. The SMILES string of the molecule is C[C@@]12CC[C@@H]3[C@]4(CCC5=CC(=O)CC[C@]53[C@@H](O)O4)[C@H]1CC[C@H]2C(=O)CO. The number of carbonyl (C=O) groups is 2. The molecule has 1 spiro atoms. The molecule has 7 atom stereocenters. The second-order valence-electron chi connectivity index (χ2n) is 9.51. The van der Waals surface area contributed by atoms with Crippen molar-refractivity contribution in [3.8, 4) is 0 Å². The summed E-state index contributed by atoms with van der Waals surface area (Å²) in [6.07, 6.45) is 7.34. The molecule has 5 rings (SSSR count). The van der Waals surface area contributed by atoms with E-state index in [1.165, 1.54) is 0 Å². The highest BCUT2D eigenvalue weighted by molar-refractivity contribution is 5.91. The molecule has 4 fully saturated rings. The molecule has 0 radical (unpaired) electrons. The maximum absolute atomic E-state index is 12.4. The molecule has 0 amide bonds. The van der Waals surface area contributed by atoms with Gasteiger partial charge in [-0.25, -0.2) is 0 Å². The van der Waals surface area contributed by atoms with Crippen molar-refractivity contribution in [2.24, 2.45) is 28.6 Å². The molecule has 1 saturated heterocycles. The first-order chi connectivity index (χ1) is 12.4. The Bertz CT molecular complexity index is 713. The third-order valence-electron chi connectivity index (χ3n) is 8.93. The Morgan fingerprint density at radius 1 is 1.19 bits per heavy atom. The highest BCUT2D eigenvalue weighted by Crippen LogP contribution is 2.73. The van der Waals surface area contributed by atoms with Crippen molar-refractivity contribution in [3.63, 3.8) is 0 Å². The van der Waals surface area contributed by atoms with Crippen LogP contribution in [0, 0.1) is 28.6 Å². The molecule has 5 aliphatic rings. The zero-order valence-electron chi connectivity index (χ0n) is 15.4. The standard InChI is InChI=1S/C21H28O5/c1-19-7-6-17-20-8-5-13(23)10-12(20)4-9-21(17,26-18(20)25)16(19)3-2-14(19)15(24)11-22/h10,14,16-18,22,25H,2-9,11H2,1H3/t14-,16-,17-,18-,19-,20-,21-/m0/s1. The Kier molecular flexibility index (Phi) is 3.46. The van der Waals surface area contributed by atoms with Crippen LogP contribution >= 0.6 is 0 Å². The van der Waals surface area contributed by atoms with Crippen LogP contribution in [0.25, 0.3) is 0 Å². The van der Waals surface area contributed by atoms with Crippen LogP contribution in [0.15, 0.2) is 11.6 Å². The molecular weight excluding hydrogens is 332 g/mol. The van der Waals surface area contributed by atoms with Crippen molar-refractivity contribution in [1.29, 1.82) is 0 Å². The van der Waals surface area contributed by atoms with E-state index in [0.29, 0.717) is 12.8 Å². The smallest absolute Gasteiger partial charge is 0.165 e. The first kappa shape index (κ1) is 17.1. The van der Waals surface area contributed by atoms with E-state index in [0.717, 1.165) is 44.1 Å². The van der Waals surface area contributed by atoms with Gasteiger partial charge in [0, 0.05) is 23.7 Å². The van der Waals surface area contributed by atoms with Crippen LogP contribution in [0.5, 0.6) is 0 Å². The lowest BCUT2D eigenvalue weighted by Crippen LogP contribution is -2.59. The first-order valence-electron chi connectivity index (χ1n) is 10.1. The zero-order chi connectivity index (χ0) is 18.3. The molecule has 3 saturated carbocycles. The molecule has 2 N–H and O–H groups in total. The molecular formula is C21H28O5. The molecule has 1 aliphatic heterocycles. The molecule has 4 aliphatic carbocycles.